The number of amides is 1. The molecule has 120 valence electrons. The molecular weight excluding hydrogens is 306 g/mol. The molecule has 0 saturated carbocycles. The lowest BCUT2D eigenvalue weighted by Gasteiger charge is -2.07. The number of aromatic nitrogens is 2. The number of nitrogens with zero attached hydrogens (tertiary/aromatic N) is 3. The number of hydrogen-bond donors (Lipinski definition) is 2. The monoisotopic (exact) mass is 319 g/mol. The fraction of sp³-hybridized carbons (Fsp3) is 0.154. The number of aromatic amines is 1. The van der Waals surface area contributed by atoms with Crippen molar-refractivity contribution in [2.24, 2.45) is 5.10 Å². The zero-order valence-corrected chi connectivity index (χ0v) is 12.3. The predicted molar refractivity (Wildman–Crippen MR) is 79.8 cm³/mol. The van der Waals surface area contributed by atoms with E-state index in [1.807, 2.05) is 0 Å². The molecule has 0 spiro atoms. The molecule has 2 rings (SSSR count). The van der Waals surface area contributed by atoms with Gasteiger partial charge in [-0.05, 0) is 28.7 Å². The molecule has 0 bridgehead atoms. The van der Waals surface area contributed by atoms with Crippen molar-refractivity contribution in [3.8, 4) is 11.5 Å². The molecular formula is C13H13N5O5. The Morgan fingerprint density at radius 3 is 2.78 bits per heavy atom. The summed E-state index contributed by atoms with van der Waals surface area (Å²) >= 11 is 0. The van der Waals surface area contributed by atoms with E-state index in [4.69, 9.17) is 9.47 Å². The normalized spacial score (nSPS) is 10.5. The smallest absolute Gasteiger partial charge is 0.353 e. The van der Waals surface area contributed by atoms with E-state index < -0.39 is 16.6 Å². The van der Waals surface area contributed by atoms with Gasteiger partial charge in [-0.15, -0.1) is 0 Å². The summed E-state index contributed by atoms with van der Waals surface area (Å²) in [5, 5.41) is 14.4. The molecule has 0 unspecified atom stereocenters. The molecule has 1 aromatic heterocycles. The Hall–Kier alpha value is -3.43. The molecule has 1 aromatic carbocycles. The third-order valence-electron chi connectivity index (χ3n) is 2.80. The van der Waals surface area contributed by atoms with E-state index in [0.717, 1.165) is 6.33 Å². The summed E-state index contributed by atoms with van der Waals surface area (Å²) in [6, 6.07) is 5.04. The van der Waals surface area contributed by atoms with Crippen LogP contribution in [0, 0.1) is 10.1 Å². The average Bonchev–Trinajstić information content (AvgIpc) is 3.04. The second kappa shape index (κ2) is 7.02. The van der Waals surface area contributed by atoms with Gasteiger partial charge >= 0.3 is 5.82 Å². The Morgan fingerprint density at radius 2 is 2.13 bits per heavy atom. The first-order valence-electron chi connectivity index (χ1n) is 6.30. The van der Waals surface area contributed by atoms with E-state index in [0.29, 0.717) is 17.1 Å². The minimum absolute atomic E-state index is 0.348. The number of nitrogens with one attached hydrogen (secondary N) is 2. The number of H-pyrrole nitrogens is 1. The SMILES string of the molecule is COc1ccc(C=NNC(=O)c2nc[nH]c2[N+](=O)[O-])cc1OC. The molecule has 1 amide bonds. The fourth-order valence-electron chi connectivity index (χ4n) is 1.74. The van der Waals surface area contributed by atoms with Crippen molar-refractivity contribution in [1.82, 2.24) is 15.4 Å². The van der Waals surface area contributed by atoms with Crippen LogP contribution in [0.1, 0.15) is 16.1 Å². The minimum Gasteiger partial charge on any atom is -0.493 e. The summed E-state index contributed by atoms with van der Waals surface area (Å²) in [7, 11) is 3.01. The van der Waals surface area contributed by atoms with Gasteiger partial charge in [-0.2, -0.15) is 5.10 Å². The summed E-state index contributed by atoms with van der Waals surface area (Å²) in [5.74, 6) is -0.231. The van der Waals surface area contributed by atoms with E-state index in [1.54, 1.807) is 18.2 Å². The third kappa shape index (κ3) is 3.61. The number of hydrazone groups is 1. The Morgan fingerprint density at radius 1 is 1.39 bits per heavy atom. The molecule has 0 fully saturated rings. The number of carbonyl (C=O) groups excluding carboxylic acids is 1. The standard InChI is InChI=1S/C13H13N5O5/c1-22-9-4-3-8(5-10(9)23-2)6-16-17-13(19)11-12(18(20)21)15-7-14-11/h3-7H,1-2H3,(H,14,15)(H,17,19). The van der Waals surface area contributed by atoms with Crippen LogP contribution < -0.4 is 14.9 Å². The summed E-state index contributed by atoms with van der Waals surface area (Å²) in [5.41, 5.74) is 2.46. The maximum atomic E-state index is 11.8. The number of imidazole rings is 1. The third-order valence-corrected chi connectivity index (χ3v) is 2.80. The van der Waals surface area contributed by atoms with Crippen LogP contribution in [0.4, 0.5) is 5.82 Å². The van der Waals surface area contributed by atoms with Crippen molar-refractivity contribution < 1.29 is 19.2 Å². The van der Waals surface area contributed by atoms with Crippen molar-refractivity contribution in [3.63, 3.8) is 0 Å². The van der Waals surface area contributed by atoms with Crippen LogP contribution in [0.25, 0.3) is 0 Å². The lowest BCUT2D eigenvalue weighted by Crippen LogP contribution is -2.19. The Kier molecular flexibility index (Phi) is 4.87. The molecule has 2 aromatic rings. The van der Waals surface area contributed by atoms with Gasteiger partial charge in [-0.25, -0.2) is 15.4 Å². The van der Waals surface area contributed by atoms with Gasteiger partial charge in [0.1, 0.15) is 0 Å². The van der Waals surface area contributed by atoms with Crippen LogP contribution >= 0.6 is 0 Å². The highest BCUT2D eigenvalue weighted by Crippen LogP contribution is 2.26. The zero-order chi connectivity index (χ0) is 16.8. The molecule has 0 saturated heterocycles. The average molecular weight is 319 g/mol. The van der Waals surface area contributed by atoms with E-state index in [-0.39, 0.29) is 5.69 Å². The first-order chi connectivity index (χ1) is 11.1. The van der Waals surface area contributed by atoms with Crippen LogP contribution in [0.3, 0.4) is 0 Å². The van der Waals surface area contributed by atoms with Crippen LogP contribution in [0.2, 0.25) is 0 Å². The highest BCUT2D eigenvalue weighted by atomic mass is 16.6. The summed E-state index contributed by atoms with van der Waals surface area (Å²) < 4.78 is 10.2. The maximum absolute atomic E-state index is 11.8. The minimum atomic E-state index is -0.797. The van der Waals surface area contributed by atoms with Crippen LogP contribution in [-0.4, -0.2) is 41.2 Å². The highest BCUT2D eigenvalue weighted by molar-refractivity contribution is 5.96. The van der Waals surface area contributed by atoms with E-state index >= 15 is 0 Å². The maximum Gasteiger partial charge on any atom is 0.353 e. The molecule has 0 radical (unpaired) electrons. The number of carbonyl (C=O) groups is 1. The number of nitro groups is 1. The zero-order valence-electron chi connectivity index (χ0n) is 12.3. The van der Waals surface area contributed by atoms with Gasteiger partial charge in [0.2, 0.25) is 5.69 Å². The van der Waals surface area contributed by atoms with Crippen LogP contribution in [0.15, 0.2) is 29.6 Å². The van der Waals surface area contributed by atoms with Crippen molar-refractivity contribution in [2.75, 3.05) is 14.2 Å². The lowest BCUT2D eigenvalue weighted by molar-refractivity contribution is -0.389. The van der Waals surface area contributed by atoms with Gasteiger partial charge in [0.25, 0.3) is 5.91 Å². The summed E-state index contributed by atoms with van der Waals surface area (Å²) in [6.45, 7) is 0. The summed E-state index contributed by atoms with van der Waals surface area (Å²) in [4.78, 5) is 27.6. The van der Waals surface area contributed by atoms with Crippen LogP contribution in [-0.2, 0) is 0 Å². The van der Waals surface area contributed by atoms with Gasteiger partial charge < -0.3 is 19.6 Å². The molecule has 23 heavy (non-hydrogen) atoms. The van der Waals surface area contributed by atoms with Crippen molar-refractivity contribution in [3.05, 3.63) is 45.9 Å². The molecule has 1 heterocycles. The molecule has 10 nitrogen and oxygen atoms in total. The van der Waals surface area contributed by atoms with Crippen molar-refractivity contribution >= 4 is 17.9 Å². The van der Waals surface area contributed by atoms with Gasteiger partial charge in [-0.1, -0.05) is 0 Å². The van der Waals surface area contributed by atoms with Crippen molar-refractivity contribution in [1.29, 1.82) is 0 Å². The van der Waals surface area contributed by atoms with Crippen LogP contribution in [0.5, 0.6) is 11.5 Å². The topological polar surface area (TPSA) is 132 Å². The number of benzene rings is 1. The quantitative estimate of drug-likeness (QED) is 0.465. The predicted octanol–water partition coefficient (Wildman–Crippen LogP) is 1.10. The Balaban J connectivity index is 2.08. The van der Waals surface area contributed by atoms with E-state index in [1.165, 1.54) is 20.4 Å². The van der Waals surface area contributed by atoms with E-state index in [2.05, 4.69) is 20.5 Å². The molecule has 0 aliphatic rings. The van der Waals surface area contributed by atoms with E-state index in [9.17, 15) is 14.9 Å². The molecule has 0 aliphatic carbocycles. The molecule has 10 heteroatoms. The van der Waals surface area contributed by atoms with Gasteiger partial charge in [0.15, 0.2) is 17.8 Å². The molecule has 0 aliphatic heterocycles. The van der Waals surface area contributed by atoms with Gasteiger partial charge in [-0.3, -0.25) is 4.79 Å². The van der Waals surface area contributed by atoms with Gasteiger partial charge in [0.05, 0.1) is 20.4 Å². The number of rotatable bonds is 6. The molecule has 2 N–H and O–H groups in total. The summed E-state index contributed by atoms with van der Waals surface area (Å²) in [6.07, 6.45) is 2.42. The Bertz CT molecular complexity index is 755. The van der Waals surface area contributed by atoms with Crippen molar-refractivity contribution in [2.45, 2.75) is 0 Å². The number of ether oxygens (including phenoxy) is 2. The second-order valence-electron chi connectivity index (χ2n) is 4.17. The molecule has 0 atom stereocenters. The number of hydrogen-bond acceptors (Lipinski definition) is 7. The Labute approximate surface area is 130 Å². The first kappa shape index (κ1) is 15.9. The largest absolute Gasteiger partial charge is 0.493 e. The fourth-order valence-corrected chi connectivity index (χ4v) is 1.74. The number of methoxy groups -OCH3 is 2. The highest BCUT2D eigenvalue weighted by Gasteiger charge is 2.21. The first-order valence-corrected chi connectivity index (χ1v) is 6.30. The second-order valence-corrected chi connectivity index (χ2v) is 4.17. The van der Waals surface area contributed by atoms with Gasteiger partial charge in [0, 0.05) is 0 Å². The lowest BCUT2D eigenvalue weighted by atomic mass is 10.2.